The molecule has 2 nitrogen and oxygen atoms in total. The number of amides is 1. The molecule has 0 aliphatic rings. The van der Waals surface area contributed by atoms with Gasteiger partial charge < -0.3 is 5.32 Å². The third-order valence-electron chi connectivity index (χ3n) is 2.53. The molecule has 0 aliphatic heterocycles. The van der Waals surface area contributed by atoms with E-state index < -0.39 is 0 Å². The zero-order chi connectivity index (χ0) is 13.0. The van der Waals surface area contributed by atoms with Crippen molar-refractivity contribution in [1.29, 1.82) is 0 Å². The average Bonchev–Trinajstić information content (AvgIpc) is 2.39. The lowest BCUT2D eigenvalue weighted by Crippen LogP contribution is -2.14. The lowest BCUT2D eigenvalue weighted by atomic mass is 10.1. The van der Waals surface area contributed by atoms with E-state index in [2.05, 4.69) is 27.9 Å². The standard InChI is InChI=1S/C14H11ClINO/c15-9-10-5-1-4-8-13(10)17-14(18)11-6-2-3-7-12(11)16/h1-8H,9H2,(H,17,18). The smallest absolute Gasteiger partial charge is 0.256 e. The van der Waals surface area contributed by atoms with Crippen molar-refractivity contribution in [1.82, 2.24) is 0 Å². The zero-order valence-electron chi connectivity index (χ0n) is 9.49. The summed E-state index contributed by atoms with van der Waals surface area (Å²) in [6, 6.07) is 15.0. The first-order valence-corrected chi connectivity index (χ1v) is 7.03. The van der Waals surface area contributed by atoms with Crippen LogP contribution in [0.2, 0.25) is 0 Å². The molecule has 0 saturated carbocycles. The van der Waals surface area contributed by atoms with Gasteiger partial charge in [-0.3, -0.25) is 4.79 Å². The van der Waals surface area contributed by atoms with Gasteiger partial charge in [0.15, 0.2) is 0 Å². The monoisotopic (exact) mass is 371 g/mol. The number of anilines is 1. The molecular weight excluding hydrogens is 361 g/mol. The number of carbonyl (C=O) groups excluding carboxylic acids is 1. The van der Waals surface area contributed by atoms with Gasteiger partial charge in [0.2, 0.25) is 0 Å². The maximum atomic E-state index is 12.1. The molecule has 1 N–H and O–H groups in total. The van der Waals surface area contributed by atoms with E-state index in [0.717, 1.165) is 14.8 Å². The molecule has 0 fully saturated rings. The first-order valence-electron chi connectivity index (χ1n) is 5.42. The highest BCUT2D eigenvalue weighted by Gasteiger charge is 2.10. The molecule has 4 heteroatoms. The Morgan fingerprint density at radius 2 is 1.78 bits per heavy atom. The molecule has 2 aromatic carbocycles. The van der Waals surface area contributed by atoms with Crippen molar-refractivity contribution in [2.45, 2.75) is 5.88 Å². The summed E-state index contributed by atoms with van der Waals surface area (Å²) in [6.07, 6.45) is 0. The summed E-state index contributed by atoms with van der Waals surface area (Å²) in [5.41, 5.74) is 2.35. The predicted octanol–water partition coefficient (Wildman–Crippen LogP) is 4.28. The van der Waals surface area contributed by atoms with Gasteiger partial charge in [-0.1, -0.05) is 30.3 Å². The van der Waals surface area contributed by atoms with Crippen LogP contribution in [0.4, 0.5) is 5.69 Å². The number of rotatable bonds is 3. The van der Waals surface area contributed by atoms with E-state index in [4.69, 9.17) is 11.6 Å². The molecule has 0 bridgehead atoms. The fourth-order valence-corrected chi connectivity index (χ4v) is 2.46. The van der Waals surface area contributed by atoms with Gasteiger partial charge in [-0.05, 0) is 46.4 Å². The number of hydrogen-bond donors (Lipinski definition) is 1. The Balaban J connectivity index is 2.24. The van der Waals surface area contributed by atoms with Gasteiger partial charge >= 0.3 is 0 Å². The van der Waals surface area contributed by atoms with Crippen molar-refractivity contribution >= 4 is 45.8 Å². The summed E-state index contributed by atoms with van der Waals surface area (Å²) >= 11 is 7.99. The zero-order valence-corrected chi connectivity index (χ0v) is 12.4. The van der Waals surface area contributed by atoms with Crippen LogP contribution in [-0.2, 0) is 5.88 Å². The van der Waals surface area contributed by atoms with E-state index in [-0.39, 0.29) is 5.91 Å². The van der Waals surface area contributed by atoms with Gasteiger partial charge in [-0.15, -0.1) is 11.6 Å². The third-order valence-corrected chi connectivity index (χ3v) is 3.76. The SMILES string of the molecule is O=C(Nc1ccccc1CCl)c1ccccc1I. The van der Waals surface area contributed by atoms with Crippen LogP contribution in [0.3, 0.4) is 0 Å². The molecule has 18 heavy (non-hydrogen) atoms. The normalized spacial score (nSPS) is 10.1. The molecular formula is C14H11ClINO. The van der Waals surface area contributed by atoms with Crippen LogP contribution in [0.25, 0.3) is 0 Å². The lowest BCUT2D eigenvalue weighted by Gasteiger charge is -2.10. The highest BCUT2D eigenvalue weighted by atomic mass is 127. The van der Waals surface area contributed by atoms with Crippen molar-refractivity contribution in [3.05, 3.63) is 63.2 Å². The Labute approximate surface area is 124 Å². The molecule has 0 saturated heterocycles. The van der Waals surface area contributed by atoms with Crippen molar-refractivity contribution in [2.24, 2.45) is 0 Å². The Morgan fingerprint density at radius 3 is 2.50 bits per heavy atom. The Morgan fingerprint density at radius 1 is 1.11 bits per heavy atom. The summed E-state index contributed by atoms with van der Waals surface area (Å²) in [5.74, 6) is 0.264. The van der Waals surface area contributed by atoms with Crippen LogP contribution in [0, 0.1) is 3.57 Å². The fraction of sp³-hybridized carbons (Fsp3) is 0.0714. The molecule has 0 unspecified atom stereocenters. The van der Waals surface area contributed by atoms with Gasteiger partial charge in [0.1, 0.15) is 0 Å². The predicted molar refractivity (Wildman–Crippen MR) is 83.1 cm³/mol. The summed E-state index contributed by atoms with van der Waals surface area (Å²) in [6.45, 7) is 0. The molecule has 0 aromatic heterocycles. The van der Waals surface area contributed by atoms with Crippen LogP contribution < -0.4 is 5.32 Å². The molecule has 2 aromatic rings. The minimum atomic E-state index is -0.113. The second-order valence-electron chi connectivity index (χ2n) is 3.72. The molecule has 0 atom stereocenters. The minimum absolute atomic E-state index is 0.113. The third kappa shape index (κ3) is 3.03. The first-order chi connectivity index (χ1) is 8.72. The summed E-state index contributed by atoms with van der Waals surface area (Å²) < 4.78 is 0.927. The van der Waals surface area contributed by atoms with E-state index in [1.54, 1.807) is 6.07 Å². The van der Waals surface area contributed by atoms with Crippen LogP contribution in [0.15, 0.2) is 48.5 Å². The number of hydrogen-bond acceptors (Lipinski definition) is 1. The molecule has 92 valence electrons. The number of carbonyl (C=O) groups is 1. The highest BCUT2D eigenvalue weighted by molar-refractivity contribution is 14.1. The second kappa shape index (κ2) is 6.20. The van der Waals surface area contributed by atoms with Gasteiger partial charge in [-0.25, -0.2) is 0 Å². The fourth-order valence-electron chi connectivity index (χ4n) is 1.59. The van der Waals surface area contributed by atoms with Crippen molar-refractivity contribution in [3.63, 3.8) is 0 Å². The number of alkyl halides is 1. The van der Waals surface area contributed by atoms with Crippen LogP contribution >= 0.6 is 34.2 Å². The largest absolute Gasteiger partial charge is 0.322 e. The molecule has 0 heterocycles. The Bertz CT molecular complexity index is 571. The number of nitrogens with one attached hydrogen (secondary N) is 1. The minimum Gasteiger partial charge on any atom is -0.322 e. The lowest BCUT2D eigenvalue weighted by molar-refractivity contribution is 0.102. The summed E-state index contributed by atoms with van der Waals surface area (Å²) in [5, 5.41) is 2.89. The number of benzene rings is 2. The van der Waals surface area contributed by atoms with E-state index in [9.17, 15) is 4.79 Å². The number of halogens is 2. The quantitative estimate of drug-likeness (QED) is 0.633. The van der Waals surface area contributed by atoms with Crippen LogP contribution in [0.1, 0.15) is 15.9 Å². The molecule has 0 aliphatic carbocycles. The van der Waals surface area contributed by atoms with E-state index in [1.165, 1.54) is 0 Å². The van der Waals surface area contributed by atoms with Gasteiger partial charge in [0, 0.05) is 15.1 Å². The van der Waals surface area contributed by atoms with Crippen molar-refractivity contribution in [3.8, 4) is 0 Å². The molecule has 0 spiro atoms. The Hall–Kier alpha value is -1.07. The molecule has 1 amide bonds. The molecule has 0 radical (unpaired) electrons. The van der Waals surface area contributed by atoms with Crippen LogP contribution in [0.5, 0.6) is 0 Å². The Kier molecular flexibility index (Phi) is 4.60. The summed E-state index contributed by atoms with van der Waals surface area (Å²) in [7, 11) is 0. The van der Waals surface area contributed by atoms with Gasteiger partial charge in [0.05, 0.1) is 5.56 Å². The molecule has 2 rings (SSSR count). The highest BCUT2D eigenvalue weighted by Crippen LogP contribution is 2.19. The average molecular weight is 372 g/mol. The summed E-state index contributed by atoms with van der Waals surface area (Å²) in [4.78, 5) is 12.1. The van der Waals surface area contributed by atoms with Gasteiger partial charge in [0.25, 0.3) is 5.91 Å². The van der Waals surface area contributed by atoms with E-state index in [1.807, 2.05) is 42.5 Å². The maximum Gasteiger partial charge on any atom is 0.256 e. The number of para-hydroxylation sites is 1. The van der Waals surface area contributed by atoms with Crippen LogP contribution in [-0.4, -0.2) is 5.91 Å². The van der Waals surface area contributed by atoms with E-state index in [0.29, 0.717) is 11.4 Å². The van der Waals surface area contributed by atoms with Gasteiger partial charge in [-0.2, -0.15) is 0 Å². The van der Waals surface area contributed by atoms with E-state index >= 15 is 0 Å². The maximum absolute atomic E-state index is 12.1. The van der Waals surface area contributed by atoms with Crippen molar-refractivity contribution in [2.75, 3.05) is 5.32 Å². The van der Waals surface area contributed by atoms with Crippen molar-refractivity contribution < 1.29 is 4.79 Å². The second-order valence-corrected chi connectivity index (χ2v) is 5.15. The first kappa shape index (κ1) is 13.4. The topological polar surface area (TPSA) is 29.1 Å².